The maximum absolute atomic E-state index is 5.37. The second-order valence-corrected chi connectivity index (χ2v) is 5.68. The molecule has 1 aromatic rings. The third-order valence-corrected chi connectivity index (χ3v) is 3.98. The Balaban J connectivity index is 1.52. The van der Waals surface area contributed by atoms with Gasteiger partial charge in [-0.25, -0.2) is 9.78 Å². The largest absolute Gasteiger partial charge is 0.371 e. The lowest BCUT2D eigenvalue weighted by molar-refractivity contribution is -0.248. The van der Waals surface area contributed by atoms with Crippen molar-refractivity contribution in [2.75, 3.05) is 44.4 Å². The van der Waals surface area contributed by atoms with E-state index in [1.807, 2.05) is 0 Å². The van der Waals surface area contributed by atoms with Gasteiger partial charge in [0.05, 0.1) is 38.6 Å². The smallest absolute Gasteiger partial charge is 0.0984 e. The topological polar surface area (TPSA) is 46.8 Å². The van der Waals surface area contributed by atoms with Crippen LogP contribution in [0, 0.1) is 0 Å². The van der Waals surface area contributed by atoms with Crippen molar-refractivity contribution in [3.63, 3.8) is 0 Å². The molecule has 4 rings (SSSR count). The predicted molar refractivity (Wildman–Crippen MR) is 72.8 cm³/mol. The number of hydrogen-bond acceptors (Lipinski definition) is 5. The molecule has 3 heterocycles. The molecule has 20 heavy (non-hydrogen) atoms. The molecular weight excluding hydrogens is 258 g/mol. The molecule has 1 aromatic carbocycles. The van der Waals surface area contributed by atoms with Crippen LogP contribution in [0.3, 0.4) is 0 Å². The van der Waals surface area contributed by atoms with E-state index in [9.17, 15) is 0 Å². The molecule has 5 heteroatoms. The van der Waals surface area contributed by atoms with Gasteiger partial charge in [-0.15, -0.1) is 0 Å². The fourth-order valence-corrected chi connectivity index (χ4v) is 2.60. The number of rotatable bonds is 6. The average Bonchev–Trinajstić information content (AvgIpc) is 3.40. The summed E-state index contributed by atoms with van der Waals surface area (Å²) in [7, 11) is 0. The maximum atomic E-state index is 5.37. The second-order valence-electron chi connectivity index (χ2n) is 5.68. The van der Waals surface area contributed by atoms with Crippen LogP contribution in [0.25, 0.3) is 0 Å². The van der Waals surface area contributed by atoms with Crippen molar-refractivity contribution in [2.45, 2.75) is 18.1 Å². The standard InChI is InChI=1S/C15H19NO4/c1-2-11(12-7-19-20-8-12)4-13(3-1)16(5-14-9-17-14)6-15-10-18-15/h1-4,12,14-15H,5-10H2. The summed E-state index contributed by atoms with van der Waals surface area (Å²) in [5.41, 5.74) is 2.51. The van der Waals surface area contributed by atoms with E-state index in [1.165, 1.54) is 11.3 Å². The first-order valence-electron chi connectivity index (χ1n) is 7.21. The van der Waals surface area contributed by atoms with Crippen molar-refractivity contribution in [1.29, 1.82) is 0 Å². The molecule has 3 saturated heterocycles. The molecule has 0 aliphatic carbocycles. The maximum Gasteiger partial charge on any atom is 0.0984 e. The summed E-state index contributed by atoms with van der Waals surface area (Å²) < 4.78 is 10.7. The summed E-state index contributed by atoms with van der Waals surface area (Å²) in [5.74, 6) is 0.339. The minimum Gasteiger partial charge on any atom is -0.371 e. The predicted octanol–water partition coefficient (Wildman–Crippen LogP) is 1.34. The molecule has 0 radical (unpaired) electrons. The van der Waals surface area contributed by atoms with E-state index in [4.69, 9.17) is 19.2 Å². The van der Waals surface area contributed by atoms with E-state index in [-0.39, 0.29) is 0 Å². The second kappa shape index (κ2) is 5.33. The zero-order chi connectivity index (χ0) is 13.4. The van der Waals surface area contributed by atoms with E-state index in [2.05, 4.69) is 29.2 Å². The molecule has 108 valence electrons. The van der Waals surface area contributed by atoms with Crippen LogP contribution >= 0.6 is 0 Å². The SMILES string of the molecule is c1cc(C2COOC2)cc(N(CC2CO2)CC2CO2)c1. The number of benzene rings is 1. The minimum absolute atomic E-state index is 0.339. The monoisotopic (exact) mass is 277 g/mol. The van der Waals surface area contributed by atoms with Crippen LogP contribution in [0.2, 0.25) is 0 Å². The molecule has 2 unspecified atom stereocenters. The third kappa shape index (κ3) is 2.96. The summed E-state index contributed by atoms with van der Waals surface area (Å²) in [6, 6.07) is 8.65. The van der Waals surface area contributed by atoms with Gasteiger partial charge in [-0.05, 0) is 17.7 Å². The van der Waals surface area contributed by atoms with E-state index in [1.54, 1.807) is 0 Å². The fourth-order valence-electron chi connectivity index (χ4n) is 2.60. The molecular formula is C15H19NO4. The lowest BCUT2D eigenvalue weighted by Gasteiger charge is -2.24. The number of nitrogens with zero attached hydrogens (tertiary/aromatic N) is 1. The van der Waals surface area contributed by atoms with Gasteiger partial charge in [0.2, 0.25) is 0 Å². The lowest BCUT2D eigenvalue weighted by Crippen LogP contribution is -2.31. The summed E-state index contributed by atoms with van der Waals surface area (Å²) in [5, 5.41) is 0. The summed E-state index contributed by atoms with van der Waals surface area (Å²) >= 11 is 0. The zero-order valence-electron chi connectivity index (χ0n) is 11.4. The van der Waals surface area contributed by atoms with Crippen molar-refractivity contribution >= 4 is 5.69 Å². The van der Waals surface area contributed by atoms with E-state index in [0.29, 0.717) is 31.3 Å². The van der Waals surface area contributed by atoms with Gasteiger partial charge < -0.3 is 14.4 Å². The molecule has 0 N–H and O–H groups in total. The van der Waals surface area contributed by atoms with E-state index >= 15 is 0 Å². The highest BCUT2D eigenvalue weighted by molar-refractivity contribution is 5.50. The van der Waals surface area contributed by atoms with E-state index in [0.717, 1.165) is 26.3 Å². The molecule has 2 atom stereocenters. The van der Waals surface area contributed by atoms with Gasteiger partial charge in [-0.1, -0.05) is 12.1 Å². The first-order valence-corrected chi connectivity index (χ1v) is 7.21. The Hall–Kier alpha value is -1.14. The van der Waals surface area contributed by atoms with Crippen molar-refractivity contribution in [3.8, 4) is 0 Å². The van der Waals surface area contributed by atoms with Gasteiger partial charge in [0.1, 0.15) is 0 Å². The van der Waals surface area contributed by atoms with Gasteiger partial charge >= 0.3 is 0 Å². The Bertz CT molecular complexity index is 453. The number of hydrogen-bond donors (Lipinski definition) is 0. The summed E-state index contributed by atoms with van der Waals surface area (Å²) in [6.45, 7) is 4.93. The lowest BCUT2D eigenvalue weighted by atomic mass is 10.0. The van der Waals surface area contributed by atoms with Crippen LogP contribution in [0.15, 0.2) is 24.3 Å². The molecule has 3 aliphatic rings. The molecule has 0 amide bonds. The van der Waals surface area contributed by atoms with Crippen LogP contribution < -0.4 is 4.90 Å². The van der Waals surface area contributed by atoms with Crippen molar-refractivity contribution in [1.82, 2.24) is 0 Å². The molecule has 3 fully saturated rings. The van der Waals surface area contributed by atoms with Crippen LogP contribution in [-0.4, -0.2) is 51.7 Å². The number of ether oxygens (including phenoxy) is 2. The fraction of sp³-hybridized carbons (Fsp3) is 0.600. The van der Waals surface area contributed by atoms with Gasteiger partial charge in [-0.2, -0.15) is 0 Å². The first-order chi connectivity index (χ1) is 9.88. The Morgan fingerprint density at radius 3 is 2.20 bits per heavy atom. The van der Waals surface area contributed by atoms with E-state index < -0.39 is 0 Å². The molecule has 0 spiro atoms. The van der Waals surface area contributed by atoms with Crippen molar-refractivity contribution in [3.05, 3.63) is 29.8 Å². The van der Waals surface area contributed by atoms with Gasteiger partial charge in [-0.3, -0.25) is 0 Å². The van der Waals surface area contributed by atoms with Gasteiger partial charge in [0.15, 0.2) is 0 Å². The summed E-state index contributed by atoms with van der Waals surface area (Å²) in [6.07, 6.45) is 0.770. The Morgan fingerprint density at radius 1 is 0.950 bits per heavy atom. The van der Waals surface area contributed by atoms with Crippen molar-refractivity contribution < 1.29 is 19.2 Å². The van der Waals surface area contributed by atoms with Crippen LogP contribution in [0.1, 0.15) is 11.5 Å². The van der Waals surface area contributed by atoms with Crippen LogP contribution in [-0.2, 0) is 19.2 Å². The normalized spacial score (nSPS) is 28.6. The van der Waals surface area contributed by atoms with Gasteiger partial charge in [0.25, 0.3) is 0 Å². The number of anilines is 1. The quantitative estimate of drug-likeness (QED) is 0.580. The van der Waals surface area contributed by atoms with Crippen LogP contribution in [0.5, 0.6) is 0 Å². The molecule has 5 nitrogen and oxygen atoms in total. The first kappa shape index (κ1) is 12.6. The highest BCUT2D eigenvalue weighted by Crippen LogP contribution is 2.28. The highest BCUT2D eigenvalue weighted by Gasteiger charge is 2.31. The summed E-state index contributed by atoms with van der Waals surface area (Å²) in [4.78, 5) is 12.4. The molecule has 0 aromatic heterocycles. The molecule has 0 bridgehead atoms. The minimum atomic E-state index is 0.339. The Morgan fingerprint density at radius 2 is 1.60 bits per heavy atom. The molecule has 3 aliphatic heterocycles. The highest BCUT2D eigenvalue weighted by atomic mass is 17.2. The van der Waals surface area contributed by atoms with Crippen LogP contribution in [0.4, 0.5) is 5.69 Å². The Labute approximate surface area is 118 Å². The number of epoxide rings is 2. The zero-order valence-corrected chi connectivity index (χ0v) is 11.4. The Kier molecular flexibility index (Phi) is 3.36. The molecule has 0 saturated carbocycles. The average molecular weight is 277 g/mol. The third-order valence-electron chi connectivity index (χ3n) is 3.98. The van der Waals surface area contributed by atoms with Crippen molar-refractivity contribution in [2.24, 2.45) is 0 Å². The van der Waals surface area contributed by atoms with Gasteiger partial charge in [0, 0.05) is 24.7 Å².